The maximum absolute atomic E-state index is 5.64. The van der Waals surface area contributed by atoms with Gasteiger partial charge in [0.15, 0.2) is 5.96 Å². The number of aliphatic imine (C=N–C) groups is 1. The third-order valence-electron chi connectivity index (χ3n) is 3.68. The number of benzene rings is 1. The molecule has 1 saturated heterocycles. The number of nitrogens with zero attached hydrogens (tertiary/aromatic N) is 1. The zero-order valence-electron chi connectivity index (χ0n) is 14.0. The molecule has 2 rings (SSSR count). The van der Waals surface area contributed by atoms with Gasteiger partial charge in [0.25, 0.3) is 0 Å². The predicted octanol–water partition coefficient (Wildman–Crippen LogP) is 2.94. The number of hydrogen-bond donors (Lipinski definition) is 2. The summed E-state index contributed by atoms with van der Waals surface area (Å²) in [6, 6.07) is 8.00. The van der Waals surface area contributed by atoms with Crippen LogP contribution >= 0.6 is 24.0 Å². The number of ether oxygens (including phenoxy) is 2. The Hall–Kier alpha value is -1.02. The van der Waals surface area contributed by atoms with E-state index >= 15 is 0 Å². The van der Waals surface area contributed by atoms with E-state index in [1.54, 1.807) is 7.11 Å². The van der Waals surface area contributed by atoms with Gasteiger partial charge in [0.05, 0.1) is 19.8 Å². The van der Waals surface area contributed by atoms with E-state index in [0.29, 0.717) is 12.6 Å². The van der Waals surface area contributed by atoms with Crippen LogP contribution in [0.25, 0.3) is 0 Å². The molecule has 1 aromatic carbocycles. The van der Waals surface area contributed by atoms with Crippen LogP contribution in [0, 0.1) is 0 Å². The van der Waals surface area contributed by atoms with Gasteiger partial charge in [0.2, 0.25) is 0 Å². The van der Waals surface area contributed by atoms with Crippen molar-refractivity contribution in [3.8, 4) is 5.75 Å². The molecule has 6 heteroatoms. The number of hydrogen-bond acceptors (Lipinski definition) is 3. The van der Waals surface area contributed by atoms with E-state index in [1.807, 2.05) is 18.2 Å². The van der Waals surface area contributed by atoms with Crippen LogP contribution in [0.15, 0.2) is 29.3 Å². The normalized spacial score (nSPS) is 17.5. The summed E-state index contributed by atoms with van der Waals surface area (Å²) in [5, 5.41) is 6.65. The lowest BCUT2D eigenvalue weighted by Gasteiger charge is -2.13. The second kappa shape index (κ2) is 11.5. The Morgan fingerprint density at radius 3 is 2.96 bits per heavy atom. The molecule has 1 aliphatic heterocycles. The fraction of sp³-hybridized carbons (Fsp3) is 0.588. The molecule has 0 aliphatic carbocycles. The number of guanidine groups is 1. The minimum Gasteiger partial charge on any atom is -0.497 e. The summed E-state index contributed by atoms with van der Waals surface area (Å²) in [5.74, 6) is 1.72. The molecule has 0 amide bonds. The van der Waals surface area contributed by atoms with Crippen molar-refractivity contribution in [2.24, 2.45) is 4.99 Å². The summed E-state index contributed by atoms with van der Waals surface area (Å²) >= 11 is 0. The first-order valence-corrected chi connectivity index (χ1v) is 8.08. The molecule has 0 saturated carbocycles. The topological polar surface area (TPSA) is 54.9 Å². The molecule has 1 aromatic rings. The summed E-state index contributed by atoms with van der Waals surface area (Å²) in [4.78, 5) is 4.62. The smallest absolute Gasteiger partial charge is 0.191 e. The third kappa shape index (κ3) is 7.39. The first-order chi connectivity index (χ1) is 10.8. The van der Waals surface area contributed by atoms with Gasteiger partial charge in [-0.25, -0.2) is 4.99 Å². The Morgan fingerprint density at radius 2 is 2.26 bits per heavy atom. The van der Waals surface area contributed by atoms with E-state index in [9.17, 15) is 0 Å². The van der Waals surface area contributed by atoms with Gasteiger partial charge in [-0.1, -0.05) is 12.1 Å². The Bertz CT molecular complexity index is 477. The lowest BCUT2D eigenvalue weighted by atomic mass is 10.2. The first kappa shape index (κ1) is 20.0. The van der Waals surface area contributed by atoms with Crippen LogP contribution in [0.4, 0.5) is 0 Å². The highest BCUT2D eigenvalue weighted by Gasteiger charge is 2.14. The summed E-state index contributed by atoms with van der Waals surface area (Å²) in [7, 11) is 1.68. The molecule has 5 nitrogen and oxygen atoms in total. The van der Waals surface area contributed by atoms with Gasteiger partial charge in [-0.3, -0.25) is 0 Å². The molecule has 1 atom stereocenters. The minimum absolute atomic E-state index is 0. The molecular formula is C17H28IN3O2. The van der Waals surface area contributed by atoms with Crippen molar-refractivity contribution in [1.82, 2.24) is 10.6 Å². The fourth-order valence-corrected chi connectivity index (χ4v) is 2.51. The molecule has 0 aromatic heterocycles. The number of halogens is 1. The van der Waals surface area contributed by atoms with Crippen LogP contribution in [0.3, 0.4) is 0 Å². The number of methoxy groups -OCH3 is 1. The molecule has 1 fully saturated rings. The lowest BCUT2D eigenvalue weighted by Crippen LogP contribution is -2.38. The van der Waals surface area contributed by atoms with Crippen molar-refractivity contribution in [3.63, 3.8) is 0 Å². The van der Waals surface area contributed by atoms with E-state index < -0.39 is 0 Å². The molecule has 0 spiro atoms. The quantitative estimate of drug-likeness (QED) is 0.395. The molecule has 1 aliphatic rings. The maximum atomic E-state index is 5.64. The van der Waals surface area contributed by atoms with Crippen LogP contribution in [-0.4, -0.2) is 38.9 Å². The van der Waals surface area contributed by atoms with Gasteiger partial charge >= 0.3 is 0 Å². The van der Waals surface area contributed by atoms with E-state index in [2.05, 4.69) is 28.6 Å². The summed E-state index contributed by atoms with van der Waals surface area (Å²) < 4.78 is 10.9. The van der Waals surface area contributed by atoms with Crippen LogP contribution < -0.4 is 15.4 Å². The molecule has 0 radical (unpaired) electrons. The number of nitrogens with one attached hydrogen (secondary N) is 2. The Kier molecular flexibility index (Phi) is 10.0. The SMILES string of the molecule is CCNC(=NCc1cccc(OC)c1)NCCC1CCCO1.I. The molecule has 2 N–H and O–H groups in total. The van der Waals surface area contributed by atoms with Crippen LogP contribution in [0.2, 0.25) is 0 Å². The van der Waals surface area contributed by atoms with Crippen molar-refractivity contribution in [2.75, 3.05) is 26.8 Å². The van der Waals surface area contributed by atoms with Crippen molar-refractivity contribution >= 4 is 29.9 Å². The van der Waals surface area contributed by atoms with Crippen molar-refractivity contribution in [3.05, 3.63) is 29.8 Å². The van der Waals surface area contributed by atoms with E-state index in [0.717, 1.165) is 43.4 Å². The van der Waals surface area contributed by atoms with Crippen LogP contribution in [0.1, 0.15) is 31.7 Å². The van der Waals surface area contributed by atoms with Gasteiger partial charge in [-0.15, -0.1) is 24.0 Å². The van der Waals surface area contributed by atoms with E-state index in [1.165, 1.54) is 12.8 Å². The van der Waals surface area contributed by atoms with Gasteiger partial charge in [-0.05, 0) is 43.9 Å². The molecule has 1 unspecified atom stereocenters. The highest BCUT2D eigenvalue weighted by atomic mass is 127. The molecule has 0 bridgehead atoms. The van der Waals surface area contributed by atoms with Gasteiger partial charge < -0.3 is 20.1 Å². The van der Waals surface area contributed by atoms with Crippen molar-refractivity contribution in [2.45, 2.75) is 38.8 Å². The van der Waals surface area contributed by atoms with Crippen molar-refractivity contribution in [1.29, 1.82) is 0 Å². The largest absolute Gasteiger partial charge is 0.497 e. The second-order valence-electron chi connectivity index (χ2n) is 5.40. The zero-order chi connectivity index (χ0) is 15.6. The van der Waals surface area contributed by atoms with E-state index in [4.69, 9.17) is 9.47 Å². The average Bonchev–Trinajstić information content (AvgIpc) is 3.06. The highest BCUT2D eigenvalue weighted by Crippen LogP contribution is 2.14. The second-order valence-corrected chi connectivity index (χ2v) is 5.40. The highest BCUT2D eigenvalue weighted by molar-refractivity contribution is 14.0. The third-order valence-corrected chi connectivity index (χ3v) is 3.68. The Morgan fingerprint density at radius 1 is 1.39 bits per heavy atom. The Balaban J connectivity index is 0.00000264. The molecular weight excluding hydrogens is 405 g/mol. The molecule has 23 heavy (non-hydrogen) atoms. The Labute approximate surface area is 156 Å². The summed E-state index contributed by atoms with van der Waals surface area (Å²) in [5.41, 5.74) is 1.13. The van der Waals surface area contributed by atoms with Gasteiger partial charge in [0, 0.05) is 19.7 Å². The first-order valence-electron chi connectivity index (χ1n) is 8.08. The number of rotatable bonds is 7. The lowest BCUT2D eigenvalue weighted by molar-refractivity contribution is 0.105. The minimum atomic E-state index is 0. The fourth-order valence-electron chi connectivity index (χ4n) is 2.51. The van der Waals surface area contributed by atoms with Gasteiger partial charge in [0.1, 0.15) is 5.75 Å². The summed E-state index contributed by atoms with van der Waals surface area (Å²) in [6.07, 6.45) is 3.81. The van der Waals surface area contributed by atoms with E-state index in [-0.39, 0.29) is 24.0 Å². The van der Waals surface area contributed by atoms with Crippen molar-refractivity contribution < 1.29 is 9.47 Å². The maximum Gasteiger partial charge on any atom is 0.191 e. The van der Waals surface area contributed by atoms with Crippen LogP contribution in [-0.2, 0) is 11.3 Å². The van der Waals surface area contributed by atoms with Gasteiger partial charge in [-0.2, -0.15) is 0 Å². The monoisotopic (exact) mass is 433 g/mol. The molecule has 1 heterocycles. The zero-order valence-corrected chi connectivity index (χ0v) is 16.3. The van der Waals surface area contributed by atoms with Crippen LogP contribution in [0.5, 0.6) is 5.75 Å². The molecule has 130 valence electrons. The summed E-state index contributed by atoms with van der Waals surface area (Å²) in [6.45, 7) is 5.35. The standard InChI is InChI=1S/C17H27N3O2.HI/c1-3-18-17(19-10-9-15-8-5-11-22-15)20-13-14-6-4-7-16(12-14)21-2;/h4,6-7,12,15H,3,5,8-11,13H2,1-2H3,(H2,18,19,20);1H. The predicted molar refractivity (Wildman–Crippen MR) is 105 cm³/mol. The average molecular weight is 433 g/mol.